The predicted molar refractivity (Wildman–Crippen MR) is 134 cm³/mol. The molecule has 0 aliphatic carbocycles. The van der Waals surface area contributed by atoms with Crippen LogP contribution in [0.3, 0.4) is 0 Å². The molecule has 3 N–H and O–H groups in total. The standard InChI is InChI=1S/C19H25N3O2.C5H6ClN3O/c1-2-18(23)20-16-9-8-15(19(24)22-12-6-7-13-22)14-17(16)21-10-4-3-5-11-21;1-10-4-3(6)2-8-5(7)9-4/h2,8-9,14H,1,3-7,10-13H2,(H,20,23);2H,1H3,(H2,7,8,9). The number of nitrogens with two attached hydrogens (primary N) is 1. The summed E-state index contributed by atoms with van der Waals surface area (Å²) in [5.41, 5.74) is 7.63. The Morgan fingerprint density at radius 1 is 1.15 bits per heavy atom. The number of piperidine rings is 1. The van der Waals surface area contributed by atoms with Gasteiger partial charge in [0, 0.05) is 31.7 Å². The van der Waals surface area contributed by atoms with Gasteiger partial charge in [-0.3, -0.25) is 9.59 Å². The molecule has 0 atom stereocenters. The van der Waals surface area contributed by atoms with Crippen LogP contribution in [-0.4, -0.2) is 60.0 Å². The van der Waals surface area contributed by atoms with Crippen LogP contribution in [0.1, 0.15) is 42.5 Å². The third kappa shape index (κ3) is 6.60. The number of nitrogens with zero attached hydrogens (tertiary/aromatic N) is 4. The van der Waals surface area contributed by atoms with Gasteiger partial charge < -0.3 is 25.6 Å². The maximum Gasteiger partial charge on any atom is 0.253 e. The van der Waals surface area contributed by atoms with Crippen molar-refractivity contribution in [3.8, 4) is 5.88 Å². The number of nitrogens with one attached hydrogen (secondary N) is 1. The minimum atomic E-state index is -0.230. The van der Waals surface area contributed by atoms with Gasteiger partial charge in [0.05, 0.1) is 24.7 Å². The van der Waals surface area contributed by atoms with Gasteiger partial charge in [-0.25, -0.2) is 4.98 Å². The summed E-state index contributed by atoms with van der Waals surface area (Å²) in [5.74, 6) is 0.314. The van der Waals surface area contributed by atoms with Gasteiger partial charge in [0.15, 0.2) is 0 Å². The second-order valence-electron chi connectivity index (χ2n) is 8.06. The Hall–Kier alpha value is -3.33. The molecule has 2 fully saturated rings. The van der Waals surface area contributed by atoms with Crippen LogP contribution in [0, 0.1) is 0 Å². The summed E-state index contributed by atoms with van der Waals surface area (Å²) in [6.07, 6.45) is 8.33. The van der Waals surface area contributed by atoms with Gasteiger partial charge in [-0.15, -0.1) is 0 Å². The van der Waals surface area contributed by atoms with Crippen LogP contribution in [0.4, 0.5) is 17.3 Å². The van der Waals surface area contributed by atoms with E-state index < -0.39 is 0 Å². The highest BCUT2D eigenvalue weighted by Gasteiger charge is 2.22. The maximum atomic E-state index is 12.7. The van der Waals surface area contributed by atoms with E-state index in [0.29, 0.717) is 16.5 Å². The monoisotopic (exact) mass is 486 g/mol. The Labute approximate surface area is 204 Å². The normalized spacial score (nSPS) is 15.2. The van der Waals surface area contributed by atoms with Crippen LogP contribution in [0.2, 0.25) is 5.02 Å². The van der Waals surface area contributed by atoms with E-state index in [9.17, 15) is 9.59 Å². The zero-order valence-corrected chi connectivity index (χ0v) is 20.2. The van der Waals surface area contributed by atoms with Gasteiger partial charge in [0.2, 0.25) is 17.7 Å². The van der Waals surface area contributed by atoms with Gasteiger partial charge >= 0.3 is 0 Å². The highest BCUT2D eigenvalue weighted by molar-refractivity contribution is 6.31. The number of benzene rings is 1. The molecule has 0 unspecified atom stereocenters. The number of aromatic nitrogens is 2. The quantitative estimate of drug-likeness (QED) is 0.618. The zero-order valence-electron chi connectivity index (χ0n) is 19.4. The molecule has 1 aromatic carbocycles. The molecule has 0 spiro atoms. The molecule has 34 heavy (non-hydrogen) atoms. The molecule has 1 aromatic heterocycles. The summed E-state index contributed by atoms with van der Waals surface area (Å²) < 4.78 is 4.76. The minimum absolute atomic E-state index is 0.0901. The van der Waals surface area contributed by atoms with E-state index in [1.165, 1.54) is 25.8 Å². The number of rotatable bonds is 5. The van der Waals surface area contributed by atoms with Crippen molar-refractivity contribution in [2.45, 2.75) is 32.1 Å². The highest BCUT2D eigenvalue weighted by atomic mass is 35.5. The molecule has 9 nitrogen and oxygen atoms in total. The first-order chi connectivity index (χ1) is 16.4. The third-order valence-corrected chi connectivity index (χ3v) is 5.96. The molecule has 0 bridgehead atoms. The largest absolute Gasteiger partial charge is 0.480 e. The number of hydrogen-bond donors (Lipinski definition) is 2. The molecule has 10 heteroatoms. The number of ether oxygens (including phenoxy) is 1. The summed E-state index contributed by atoms with van der Waals surface area (Å²) in [4.78, 5) is 35.9. The first-order valence-corrected chi connectivity index (χ1v) is 11.7. The first-order valence-electron chi connectivity index (χ1n) is 11.4. The fourth-order valence-corrected chi connectivity index (χ4v) is 4.13. The van der Waals surface area contributed by atoms with E-state index in [1.54, 1.807) is 0 Å². The highest BCUT2D eigenvalue weighted by Crippen LogP contribution is 2.31. The Morgan fingerprint density at radius 2 is 1.82 bits per heavy atom. The van der Waals surface area contributed by atoms with Gasteiger partial charge in [-0.2, -0.15) is 4.98 Å². The summed E-state index contributed by atoms with van der Waals surface area (Å²) in [5, 5.41) is 3.23. The lowest BCUT2D eigenvalue weighted by Gasteiger charge is -2.31. The molecule has 4 rings (SSSR count). The zero-order chi connectivity index (χ0) is 24.5. The average Bonchev–Trinajstić information content (AvgIpc) is 3.41. The Balaban J connectivity index is 0.000000271. The molecule has 2 saturated heterocycles. The van der Waals surface area contributed by atoms with Crippen LogP contribution < -0.4 is 20.7 Å². The lowest BCUT2D eigenvalue weighted by Crippen LogP contribution is -2.31. The number of amides is 2. The number of carbonyl (C=O) groups is 2. The van der Waals surface area contributed by atoms with Gasteiger partial charge in [0.1, 0.15) is 5.02 Å². The van der Waals surface area contributed by atoms with E-state index in [0.717, 1.165) is 63.2 Å². The number of likely N-dealkylation sites (tertiary alicyclic amines) is 1. The van der Waals surface area contributed by atoms with Crippen LogP contribution in [0.25, 0.3) is 0 Å². The second kappa shape index (κ2) is 12.2. The maximum absolute atomic E-state index is 12.7. The van der Waals surface area contributed by atoms with Gasteiger partial charge in [-0.05, 0) is 56.4 Å². The summed E-state index contributed by atoms with van der Waals surface area (Å²) in [6.45, 7) is 7.10. The fourth-order valence-electron chi connectivity index (χ4n) is 3.96. The Morgan fingerprint density at radius 3 is 2.44 bits per heavy atom. The van der Waals surface area contributed by atoms with Crippen molar-refractivity contribution in [3.63, 3.8) is 0 Å². The molecule has 3 heterocycles. The van der Waals surface area contributed by atoms with Crippen molar-refractivity contribution < 1.29 is 14.3 Å². The molecule has 2 aliphatic heterocycles. The molecule has 2 amide bonds. The molecular formula is C24H31ClN6O3. The minimum Gasteiger partial charge on any atom is -0.480 e. The van der Waals surface area contributed by atoms with Crippen molar-refractivity contribution in [2.24, 2.45) is 0 Å². The lowest BCUT2D eigenvalue weighted by molar-refractivity contribution is -0.111. The van der Waals surface area contributed by atoms with E-state index in [4.69, 9.17) is 22.1 Å². The molecule has 2 aliphatic rings. The average molecular weight is 487 g/mol. The number of carbonyl (C=O) groups excluding carboxylic acids is 2. The first kappa shape index (κ1) is 25.3. The number of hydrogen-bond acceptors (Lipinski definition) is 7. The van der Waals surface area contributed by atoms with Crippen molar-refractivity contribution in [1.82, 2.24) is 14.9 Å². The van der Waals surface area contributed by atoms with E-state index >= 15 is 0 Å². The van der Waals surface area contributed by atoms with E-state index in [2.05, 4.69) is 26.8 Å². The van der Waals surface area contributed by atoms with Crippen molar-refractivity contribution in [2.75, 3.05) is 49.2 Å². The number of anilines is 3. The number of halogens is 1. The fraction of sp³-hybridized carbons (Fsp3) is 0.417. The smallest absolute Gasteiger partial charge is 0.253 e. The SMILES string of the molecule is C=CC(=O)Nc1ccc(C(=O)N2CCCC2)cc1N1CCCCC1.COc1nc(N)ncc1Cl. The number of nitrogen functional groups attached to an aromatic ring is 1. The van der Waals surface area contributed by atoms with Crippen molar-refractivity contribution in [3.05, 3.63) is 47.6 Å². The lowest BCUT2D eigenvalue weighted by atomic mass is 10.1. The molecule has 0 saturated carbocycles. The topological polar surface area (TPSA) is 114 Å². The second-order valence-corrected chi connectivity index (χ2v) is 8.46. The van der Waals surface area contributed by atoms with Gasteiger partial charge in [-0.1, -0.05) is 18.2 Å². The van der Waals surface area contributed by atoms with Crippen LogP contribution in [0.5, 0.6) is 5.88 Å². The molecule has 2 aromatic rings. The Kier molecular flexibility index (Phi) is 9.09. The summed E-state index contributed by atoms with van der Waals surface area (Å²) in [6, 6.07) is 5.59. The summed E-state index contributed by atoms with van der Waals surface area (Å²) in [7, 11) is 1.47. The van der Waals surface area contributed by atoms with Crippen LogP contribution in [0.15, 0.2) is 37.1 Å². The van der Waals surface area contributed by atoms with E-state index in [-0.39, 0.29) is 17.8 Å². The molecule has 182 valence electrons. The van der Waals surface area contributed by atoms with Gasteiger partial charge in [0.25, 0.3) is 5.91 Å². The molecular weight excluding hydrogens is 456 g/mol. The predicted octanol–water partition coefficient (Wildman–Crippen LogP) is 3.76. The van der Waals surface area contributed by atoms with Crippen LogP contribution >= 0.6 is 11.6 Å². The number of methoxy groups -OCH3 is 1. The summed E-state index contributed by atoms with van der Waals surface area (Å²) >= 11 is 5.59. The van der Waals surface area contributed by atoms with Crippen molar-refractivity contribution in [1.29, 1.82) is 0 Å². The Bertz CT molecular complexity index is 1020. The third-order valence-electron chi connectivity index (χ3n) is 5.70. The van der Waals surface area contributed by atoms with Crippen molar-refractivity contribution >= 4 is 40.7 Å². The van der Waals surface area contributed by atoms with Crippen LogP contribution in [-0.2, 0) is 4.79 Å². The van der Waals surface area contributed by atoms with E-state index in [1.807, 2.05) is 23.1 Å². The molecule has 0 radical (unpaired) electrons.